The molecule has 4 rings (SSSR count). The SMILES string of the molecule is CCOc1cc(-c2nc3ccc(C)cc3[nH]2)cc(Br)c1OCc1ccc(Cl)cc1Cl. The van der Waals surface area contributed by atoms with Crippen LogP contribution in [-0.2, 0) is 6.61 Å². The second-order valence-corrected chi connectivity index (χ2v) is 8.55. The Hall–Kier alpha value is -2.21. The van der Waals surface area contributed by atoms with Gasteiger partial charge in [-0.15, -0.1) is 0 Å². The fraction of sp³-hybridized carbons (Fsp3) is 0.174. The molecule has 0 bridgehead atoms. The Bertz CT molecular complexity index is 1220. The first-order chi connectivity index (χ1) is 14.4. The third kappa shape index (κ3) is 4.43. The monoisotopic (exact) mass is 504 g/mol. The molecule has 0 radical (unpaired) electrons. The maximum absolute atomic E-state index is 6.27. The van der Waals surface area contributed by atoms with E-state index in [9.17, 15) is 0 Å². The number of benzene rings is 3. The van der Waals surface area contributed by atoms with Crippen molar-refractivity contribution in [1.29, 1.82) is 0 Å². The van der Waals surface area contributed by atoms with Crippen LogP contribution in [-0.4, -0.2) is 16.6 Å². The van der Waals surface area contributed by atoms with Crippen LogP contribution in [0.15, 0.2) is 53.0 Å². The van der Waals surface area contributed by atoms with Gasteiger partial charge in [0.15, 0.2) is 11.5 Å². The van der Waals surface area contributed by atoms with E-state index in [0.717, 1.165) is 32.5 Å². The zero-order valence-corrected chi connectivity index (χ0v) is 19.5. The zero-order chi connectivity index (χ0) is 21.3. The van der Waals surface area contributed by atoms with Crippen LogP contribution in [0.3, 0.4) is 0 Å². The topological polar surface area (TPSA) is 47.1 Å². The molecule has 154 valence electrons. The molecule has 0 atom stereocenters. The Labute approximate surface area is 193 Å². The lowest BCUT2D eigenvalue weighted by molar-refractivity contribution is 0.268. The standard InChI is InChI=1S/C23H19BrCl2N2O2/c1-3-29-21-10-15(23-27-19-7-4-13(2)8-20(19)28-23)9-17(24)22(21)30-12-14-5-6-16(25)11-18(14)26/h4-11H,3,12H2,1-2H3,(H,27,28). The number of rotatable bonds is 6. The van der Waals surface area contributed by atoms with Gasteiger partial charge >= 0.3 is 0 Å². The van der Waals surface area contributed by atoms with E-state index in [1.165, 1.54) is 5.56 Å². The molecule has 1 heterocycles. The van der Waals surface area contributed by atoms with E-state index in [4.69, 9.17) is 37.7 Å². The summed E-state index contributed by atoms with van der Waals surface area (Å²) in [5.41, 5.74) is 4.83. The van der Waals surface area contributed by atoms with Gasteiger partial charge in [0, 0.05) is 21.2 Å². The number of nitrogens with one attached hydrogen (secondary N) is 1. The first-order valence-corrected chi connectivity index (χ1v) is 11.0. The lowest BCUT2D eigenvalue weighted by Gasteiger charge is -2.15. The molecular weight excluding hydrogens is 487 g/mol. The van der Waals surface area contributed by atoms with Crippen LogP contribution in [0.1, 0.15) is 18.1 Å². The van der Waals surface area contributed by atoms with Gasteiger partial charge in [0.05, 0.1) is 22.1 Å². The van der Waals surface area contributed by atoms with Crippen molar-refractivity contribution in [3.63, 3.8) is 0 Å². The Kier molecular flexibility index (Phi) is 6.23. The number of aromatic amines is 1. The molecule has 0 saturated heterocycles. The minimum Gasteiger partial charge on any atom is -0.490 e. The van der Waals surface area contributed by atoms with Crippen LogP contribution in [0.2, 0.25) is 10.0 Å². The van der Waals surface area contributed by atoms with E-state index < -0.39 is 0 Å². The van der Waals surface area contributed by atoms with Crippen molar-refractivity contribution in [3.05, 3.63) is 74.2 Å². The van der Waals surface area contributed by atoms with Gasteiger partial charge in [-0.2, -0.15) is 0 Å². The number of aryl methyl sites for hydroxylation is 1. The van der Waals surface area contributed by atoms with Crippen molar-refractivity contribution in [2.24, 2.45) is 0 Å². The summed E-state index contributed by atoms with van der Waals surface area (Å²) >= 11 is 15.9. The van der Waals surface area contributed by atoms with E-state index in [1.807, 2.05) is 37.3 Å². The maximum atomic E-state index is 6.27. The van der Waals surface area contributed by atoms with Crippen LogP contribution in [0.4, 0.5) is 0 Å². The van der Waals surface area contributed by atoms with E-state index in [2.05, 4.69) is 33.9 Å². The summed E-state index contributed by atoms with van der Waals surface area (Å²) in [4.78, 5) is 8.09. The molecule has 3 aromatic carbocycles. The Balaban J connectivity index is 1.67. The highest BCUT2D eigenvalue weighted by Gasteiger charge is 2.16. The van der Waals surface area contributed by atoms with E-state index in [-0.39, 0.29) is 6.61 Å². The highest BCUT2D eigenvalue weighted by molar-refractivity contribution is 9.10. The van der Waals surface area contributed by atoms with Crippen molar-refractivity contribution >= 4 is 50.2 Å². The van der Waals surface area contributed by atoms with Crippen molar-refractivity contribution < 1.29 is 9.47 Å². The third-order valence-electron chi connectivity index (χ3n) is 4.61. The summed E-state index contributed by atoms with van der Waals surface area (Å²) in [6.45, 7) is 4.79. The zero-order valence-electron chi connectivity index (χ0n) is 16.4. The number of H-pyrrole nitrogens is 1. The van der Waals surface area contributed by atoms with Crippen LogP contribution >= 0.6 is 39.1 Å². The molecule has 30 heavy (non-hydrogen) atoms. The van der Waals surface area contributed by atoms with Gasteiger partial charge in [-0.05, 0) is 71.7 Å². The fourth-order valence-electron chi connectivity index (χ4n) is 3.16. The largest absolute Gasteiger partial charge is 0.490 e. The fourth-order valence-corrected chi connectivity index (χ4v) is 4.18. The molecule has 0 amide bonds. The Morgan fingerprint density at radius 1 is 1.03 bits per heavy atom. The molecule has 0 spiro atoms. The summed E-state index contributed by atoms with van der Waals surface area (Å²) < 4.78 is 12.7. The molecule has 0 fully saturated rings. The van der Waals surface area contributed by atoms with Crippen molar-refractivity contribution in [1.82, 2.24) is 9.97 Å². The van der Waals surface area contributed by atoms with Gasteiger partial charge in [0.25, 0.3) is 0 Å². The lowest BCUT2D eigenvalue weighted by Crippen LogP contribution is -2.01. The van der Waals surface area contributed by atoms with E-state index in [0.29, 0.717) is 28.2 Å². The number of ether oxygens (including phenoxy) is 2. The normalized spacial score (nSPS) is 11.1. The Morgan fingerprint density at radius 2 is 1.87 bits per heavy atom. The minimum atomic E-state index is 0.290. The van der Waals surface area contributed by atoms with Crippen LogP contribution in [0, 0.1) is 6.92 Å². The second-order valence-electron chi connectivity index (χ2n) is 6.85. The second kappa shape index (κ2) is 8.88. The molecule has 0 aliphatic carbocycles. The lowest BCUT2D eigenvalue weighted by atomic mass is 10.2. The number of imidazole rings is 1. The number of fused-ring (bicyclic) bond motifs is 1. The molecular formula is C23H19BrCl2N2O2. The average molecular weight is 506 g/mol. The highest BCUT2D eigenvalue weighted by atomic mass is 79.9. The number of hydrogen-bond donors (Lipinski definition) is 1. The number of halogens is 3. The van der Waals surface area contributed by atoms with Gasteiger partial charge in [0.2, 0.25) is 0 Å². The van der Waals surface area contributed by atoms with Gasteiger partial charge < -0.3 is 14.5 Å². The smallest absolute Gasteiger partial charge is 0.175 e. The average Bonchev–Trinajstić information content (AvgIpc) is 3.12. The van der Waals surface area contributed by atoms with Crippen molar-refractivity contribution in [2.45, 2.75) is 20.5 Å². The van der Waals surface area contributed by atoms with Crippen LogP contribution in [0.25, 0.3) is 22.4 Å². The van der Waals surface area contributed by atoms with Gasteiger partial charge in [0.1, 0.15) is 12.4 Å². The van der Waals surface area contributed by atoms with E-state index >= 15 is 0 Å². The number of nitrogens with zero attached hydrogens (tertiary/aromatic N) is 1. The highest BCUT2D eigenvalue weighted by Crippen LogP contribution is 2.40. The Morgan fingerprint density at radius 3 is 2.63 bits per heavy atom. The minimum absolute atomic E-state index is 0.290. The van der Waals surface area contributed by atoms with Crippen molar-refractivity contribution in [3.8, 4) is 22.9 Å². The molecule has 0 aliphatic heterocycles. The maximum Gasteiger partial charge on any atom is 0.175 e. The number of aromatic nitrogens is 2. The van der Waals surface area contributed by atoms with E-state index in [1.54, 1.807) is 12.1 Å². The molecule has 0 saturated carbocycles. The van der Waals surface area contributed by atoms with Gasteiger partial charge in [-0.25, -0.2) is 4.98 Å². The van der Waals surface area contributed by atoms with Crippen LogP contribution < -0.4 is 9.47 Å². The first kappa shape index (κ1) is 21.0. The molecule has 0 aliphatic rings. The summed E-state index contributed by atoms with van der Waals surface area (Å²) in [5, 5.41) is 1.15. The number of hydrogen-bond acceptors (Lipinski definition) is 3. The summed E-state index contributed by atoms with van der Waals surface area (Å²) in [5.74, 6) is 2.01. The molecule has 1 N–H and O–H groups in total. The predicted octanol–water partition coefficient (Wildman–Crippen LogP) is 7.59. The quantitative estimate of drug-likeness (QED) is 0.293. The molecule has 1 aromatic heterocycles. The molecule has 7 heteroatoms. The van der Waals surface area contributed by atoms with Gasteiger partial charge in [-0.3, -0.25) is 0 Å². The van der Waals surface area contributed by atoms with Gasteiger partial charge in [-0.1, -0.05) is 35.3 Å². The first-order valence-electron chi connectivity index (χ1n) is 9.44. The summed E-state index contributed by atoms with van der Waals surface area (Å²) in [6.07, 6.45) is 0. The third-order valence-corrected chi connectivity index (χ3v) is 5.78. The molecule has 4 nitrogen and oxygen atoms in total. The van der Waals surface area contributed by atoms with Crippen molar-refractivity contribution in [2.75, 3.05) is 6.61 Å². The summed E-state index contributed by atoms with van der Waals surface area (Å²) in [7, 11) is 0. The summed E-state index contributed by atoms with van der Waals surface area (Å²) in [6, 6.07) is 15.4. The molecule has 0 unspecified atom stereocenters. The van der Waals surface area contributed by atoms with Crippen LogP contribution in [0.5, 0.6) is 11.5 Å². The molecule has 4 aromatic rings. The predicted molar refractivity (Wildman–Crippen MR) is 126 cm³/mol.